The van der Waals surface area contributed by atoms with Gasteiger partial charge in [-0.05, 0) is 11.5 Å². The molecule has 0 saturated carbocycles. The number of hydrogen-bond donors (Lipinski definition) is 2. The van der Waals surface area contributed by atoms with Crippen LogP contribution >= 0.6 is 11.3 Å². The average molecular weight is 262 g/mol. The van der Waals surface area contributed by atoms with Gasteiger partial charge in [-0.1, -0.05) is 20.8 Å². The first-order valence-corrected chi connectivity index (χ1v) is 7.38. The Morgan fingerprint density at radius 2 is 2.06 bits per heavy atom. The van der Waals surface area contributed by atoms with Crippen LogP contribution in [0.3, 0.4) is 0 Å². The maximum atomic E-state index is 11.9. The summed E-state index contributed by atoms with van der Waals surface area (Å²) < 4.78 is 26.3. The second kappa shape index (κ2) is 4.83. The molecule has 0 radical (unpaired) electrons. The zero-order chi connectivity index (χ0) is 12.4. The van der Waals surface area contributed by atoms with Crippen molar-refractivity contribution in [3.05, 3.63) is 16.3 Å². The molecule has 0 saturated heterocycles. The fraction of sp³-hybridized carbons (Fsp3) is 0.600. The third-order valence-electron chi connectivity index (χ3n) is 1.93. The molecule has 92 valence electrons. The molecule has 1 rings (SSSR count). The van der Waals surface area contributed by atoms with Crippen LogP contribution in [0.15, 0.2) is 16.3 Å². The van der Waals surface area contributed by atoms with E-state index in [1.165, 1.54) is 11.3 Å². The van der Waals surface area contributed by atoms with Crippen LogP contribution in [0.4, 0.5) is 0 Å². The molecule has 0 aromatic carbocycles. The van der Waals surface area contributed by atoms with Crippen LogP contribution in [-0.2, 0) is 16.6 Å². The molecule has 0 aliphatic carbocycles. The van der Waals surface area contributed by atoms with E-state index < -0.39 is 10.0 Å². The minimum atomic E-state index is -3.38. The van der Waals surface area contributed by atoms with Crippen LogP contribution in [0.25, 0.3) is 0 Å². The van der Waals surface area contributed by atoms with Crippen LogP contribution < -0.4 is 10.5 Å². The summed E-state index contributed by atoms with van der Waals surface area (Å²) in [5.74, 6) is 0. The number of nitrogens with one attached hydrogen (secondary N) is 1. The van der Waals surface area contributed by atoms with Crippen molar-refractivity contribution in [2.24, 2.45) is 11.1 Å². The van der Waals surface area contributed by atoms with Crippen molar-refractivity contribution in [3.8, 4) is 0 Å². The van der Waals surface area contributed by atoms with Gasteiger partial charge in [-0.3, -0.25) is 0 Å². The van der Waals surface area contributed by atoms with Crippen LogP contribution in [-0.4, -0.2) is 15.0 Å². The Morgan fingerprint density at radius 1 is 1.44 bits per heavy atom. The zero-order valence-electron chi connectivity index (χ0n) is 9.78. The molecule has 4 nitrogen and oxygen atoms in total. The summed E-state index contributed by atoms with van der Waals surface area (Å²) >= 11 is 1.37. The third-order valence-corrected chi connectivity index (χ3v) is 4.42. The van der Waals surface area contributed by atoms with E-state index in [9.17, 15) is 8.42 Å². The molecular weight excluding hydrogens is 244 g/mol. The molecule has 3 N–H and O–H groups in total. The van der Waals surface area contributed by atoms with Crippen LogP contribution in [0, 0.1) is 5.41 Å². The van der Waals surface area contributed by atoms with Gasteiger partial charge in [0.25, 0.3) is 0 Å². The third kappa shape index (κ3) is 3.86. The number of rotatable bonds is 4. The maximum absolute atomic E-state index is 11.9. The molecule has 0 aliphatic heterocycles. The Balaban J connectivity index is 2.78. The topological polar surface area (TPSA) is 72.2 Å². The number of nitrogens with two attached hydrogens (primary N) is 1. The van der Waals surface area contributed by atoms with E-state index in [1.54, 1.807) is 11.4 Å². The van der Waals surface area contributed by atoms with Gasteiger partial charge in [-0.15, -0.1) is 11.3 Å². The molecule has 6 heteroatoms. The lowest BCUT2D eigenvalue weighted by Gasteiger charge is -2.18. The Bertz CT molecular complexity index is 444. The number of thiophene rings is 1. The van der Waals surface area contributed by atoms with Crippen molar-refractivity contribution in [1.82, 2.24) is 4.72 Å². The van der Waals surface area contributed by atoms with Crippen molar-refractivity contribution in [2.45, 2.75) is 32.2 Å². The van der Waals surface area contributed by atoms with Crippen LogP contribution in [0.1, 0.15) is 25.6 Å². The van der Waals surface area contributed by atoms with Gasteiger partial charge in [-0.2, -0.15) is 0 Å². The normalized spacial score (nSPS) is 13.0. The van der Waals surface area contributed by atoms with Gasteiger partial charge >= 0.3 is 0 Å². The lowest BCUT2D eigenvalue weighted by Crippen LogP contribution is -2.32. The van der Waals surface area contributed by atoms with Gasteiger partial charge in [0, 0.05) is 23.3 Å². The molecule has 0 unspecified atom stereocenters. The Labute approximate surface area is 101 Å². The van der Waals surface area contributed by atoms with Gasteiger partial charge in [0.1, 0.15) is 0 Å². The van der Waals surface area contributed by atoms with Crippen molar-refractivity contribution in [3.63, 3.8) is 0 Å². The predicted molar refractivity (Wildman–Crippen MR) is 66.9 cm³/mol. The maximum Gasteiger partial charge on any atom is 0.241 e. The summed E-state index contributed by atoms with van der Waals surface area (Å²) in [7, 11) is -3.38. The lowest BCUT2D eigenvalue weighted by atomic mass is 9.98. The van der Waals surface area contributed by atoms with Gasteiger partial charge in [-0.25, -0.2) is 13.1 Å². The Kier molecular flexibility index (Phi) is 4.12. The SMILES string of the molecule is CC(C)(C)CNS(=O)(=O)c1csc(CN)c1. The van der Waals surface area contributed by atoms with Gasteiger partial charge in [0.05, 0.1) is 4.90 Å². The fourth-order valence-electron chi connectivity index (χ4n) is 1.00. The molecule has 1 heterocycles. The Morgan fingerprint density at radius 3 is 2.50 bits per heavy atom. The minimum absolute atomic E-state index is 0.0697. The highest BCUT2D eigenvalue weighted by molar-refractivity contribution is 7.89. The minimum Gasteiger partial charge on any atom is -0.326 e. The molecule has 0 fully saturated rings. The van der Waals surface area contributed by atoms with E-state index in [1.807, 2.05) is 20.8 Å². The molecule has 0 bridgehead atoms. The summed E-state index contributed by atoms with van der Waals surface area (Å²) in [6.07, 6.45) is 0. The largest absolute Gasteiger partial charge is 0.326 e. The second-order valence-corrected chi connectivity index (χ2v) is 7.60. The summed E-state index contributed by atoms with van der Waals surface area (Å²) in [4.78, 5) is 1.18. The predicted octanol–water partition coefficient (Wildman–Crippen LogP) is 1.53. The van der Waals surface area contributed by atoms with E-state index in [0.717, 1.165) is 4.88 Å². The lowest BCUT2D eigenvalue weighted by molar-refractivity contribution is 0.407. The summed E-state index contributed by atoms with van der Waals surface area (Å²) in [6, 6.07) is 1.62. The van der Waals surface area contributed by atoms with E-state index in [4.69, 9.17) is 5.73 Å². The van der Waals surface area contributed by atoms with Gasteiger partial charge in [0.2, 0.25) is 10.0 Å². The van der Waals surface area contributed by atoms with E-state index in [-0.39, 0.29) is 5.41 Å². The van der Waals surface area contributed by atoms with Crippen molar-refractivity contribution in [1.29, 1.82) is 0 Å². The highest BCUT2D eigenvalue weighted by Crippen LogP contribution is 2.19. The molecule has 1 aromatic rings. The first-order valence-electron chi connectivity index (χ1n) is 5.02. The molecule has 0 spiro atoms. The van der Waals surface area contributed by atoms with Gasteiger partial charge < -0.3 is 5.73 Å². The summed E-state index contributed by atoms with van der Waals surface area (Å²) in [5.41, 5.74) is 5.38. The molecule has 0 amide bonds. The molecular formula is C10H18N2O2S2. The van der Waals surface area contributed by atoms with E-state index in [0.29, 0.717) is 18.0 Å². The number of sulfonamides is 1. The quantitative estimate of drug-likeness (QED) is 0.864. The highest BCUT2D eigenvalue weighted by Gasteiger charge is 2.19. The summed E-state index contributed by atoms with van der Waals surface area (Å²) in [5, 5.41) is 1.62. The molecule has 0 aliphatic rings. The number of hydrogen-bond acceptors (Lipinski definition) is 4. The van der Waals surface area contributed by atoms with E-state index >= 15 is 0 Å². The van der Waals surface area contributed by atoms with Crippen LogP contribution in [0.2, 0.25) is 0 Å². The molecule has 0 atom stereocenters. The zero-order valence-corrected chi connectivity index (χ0v) is 11.4. The van der Waals surface area contributed by atoms with Gasteiger partial charge in [0.15, 0.2) is 0 Å². The first-order chi connectivity index (χ1) is 7.24. The van der Waals surface area contributed by atoms with Crippen molar-refractivity contribution < 1.29 is 8.42 Å². The molecule has 1 aromatic heterocycles. The fourth-order valence-corrected chi connectivity index (χ4v) is 3.44. The molecule has 16 heavy (non-hydrogen) atoms. The van der Waals surface area contributed by atoms with Crippen molar-refractivity contribution in [2.75, 3.05) is 6.54 Å². The van der Waals surface area contributed by atoms with Crippen molar-refractivity contribution >= 4 is 21.4 Å². The monoisotopic (exact) mass is 262 g/mol. The smallest absolute Gasteiger partial charge is 0.241 e. The summed E-state index contributed by atoms with van der Waals surface area (Å²) in [6.45, 7) is 6.74. The Hall–Kier alpha value is -0.430. The van der Waals surface area contributed by atoms with E-state index in [2.05, 4.69) is 4.72 Å². The standard InChI is InChI=1S/C10H18N2O2S2/c1-10(2,3)7-12-16(13,14)9-4-8(5-11)15-6-9/h4,6,12H,5,7,11H2,1-3H3. The second-order valence-electron chi connectivity index (χ2n) is 4.84. The van der Waals surface area contributed by atoms with Crippen LogP contribution in [0.5, 0.6) is 0 Å². The average Bonchev–Trinajstić information content (AvgIpc) is 2.62. The first kappa shape index (κ1) is 13.6. The highest BCUT2D eigenvalue weighted by atomic mass is 32.2.